The molecule has 66 valence electrons. The van der Waals surface area contributed by atoms with Crippen LogP contribution in [-0.4, -0.2) is 25.5 Å². The first-order valence-electron chi connectivity index (χ1n) is 4.14. The summed E-state index contributed by atoms with van der Waals surface area (Å²) in [6.45, 7) is 4.73. The van der Waals surface area contributed by atoms with Gasteiger partial charge in [0.15, 0.2) is 0 Å². The summed E-state index contributed by atoms with van der Waals surface area (Å²) in [7, 11) is 1.91. The smallest absolute Gasteiger partial charge is 0.220 e. The monoisotopic (exact) mass is 158 g/mol. The van der Waals surface area contributed by atoms with Crippen molar-refractivity contribution >= 4 is 5.91 Å². The van der Waals surface area contributed by atoms with Crippen molar-refractivity contribution in [3.63, 3.8) is 0 Å². The quantitative estimate of drug-likeness (QED) is 0.612. The molecule has 2 N–H and O–H groups in total. The highest BCUT2D eigenvalue weighted by molar-refractivity contribution is 5.75. The average Bonchev–Trinajstić information content (AvgIpc) is 2.01. The minimum absolute atomic E-state index is 0.148. The van der Waals surface area contributed by atoms with Gasteiger partial charge < -0.3 is 10.6 Å². The number of amides is 1. The number of hydrogen-bond acceptors (Lipinski definition) is 2. The van der Waals surface area contributed by atoms with Crippen molar-refractivity contribution in [1.29, 1.82) is 0 Å². The van der Waals surface area contributed by atoms with E-state index in [2.05, 4.69) is 17.6 Å². The van der Waals surface area contributed by atoms with Crippen LogP contribution in [0.3, 0.4) is 0 Å². The van der Waals surface area contributed by atoms with Crippen LogP contribution >= 0.6 is 0 Å². The van der Waals surface area contributed by atoms with Crippen molar-refractivity contribution in [1.82, 2.24) is 10.6 Å². The van der Waals surface area contributed by atoms with Gasteiger partial charge >= 0.3 is 0 Å². The Kier molecular flexibility index (Phi) is 5.84. The van der Waals surface area contributed by atoms with Gasteiger partial charge in [-0.3, -0.25) is 4.79 Å². The summed E-state index contributed by atoms with van der Waals surface area (Å²) in [6, 6.07) is 0.428. The molecule has 1 unspecified atom stereocenters. The Morgan fingerprint density at radius 2 is 2.18 bits per heavy atom. The van der Waals surface area contributed by atoms with Crippen LogP contribution in [0.1, 0.15) is 26.7 Å². The SMILES string of the molecule is CCNC(=O)CCC(C)NC. The van der Waals surface area contributed by atoms with Gasteiger partial charge in [0.25, 0.3) is 0 Å². The predicted octanol–water partition coefficient (Wildman–Crippen LogP) is 0.511. The zero-order valence-electron chi connectivity index (χ0n) is 7.61. The van der Waals surface area contributed by atoms with Crippen LogP contribution in [0, 0.1) is 0 Å². The van der Waals surface area contributed by atoms with Gasteiger partial charge in [-0.2, -0.15) is 0 Å². The predicted molar refractivity (Wildman–Crippen MR) is 46.4 cm³/mol. The zero-order valence-corrected chi connectivity index (χ0v) is 7.61. The van der Waals surface area contributed by atoms with Gasteiger partial charge in [0, 0.05) is 19.0 Å². The van der Waals surface area contributed by atoms with E-state index in [9.17, 15) is 4.79 Å². The minimum atomic E-state index is 0.148. The second kappa shape index (κ2) is 6.16. The summed E-state index contributed by atoms with van der Waals surface area (Å²) in [5.74, 6) is 0.148. The van der Waals surface area contributed by atoms with Crippen molar-refractivity contribution in [3.8, 4) is 0 Å². The number of rotatable bonds is 5. The molecule has 0 aliphatic carbocycles. The van der Waals surface area contributed by atoms with Crippen LogP contribution in [0.4, 0.5) is 0 Å². The highest BCUT2D eigenvalue weighted by atomic mass is 16.1. The summed E-state index contributed by atoms with van der Waals surface area (Å²) in [6.07, 6.45) is 1.53. The van der Waals surface area contributed by atoms with E-state index in [0.29, 0.717) is 12.5 Å². The first kappa shape index (κ1) is 10.4. The Morgan fingerprint density at radius 3 is 2.64 bits per heavy atom. The third-order valence-electron chi connectivity index (χ3n) is 1.67. The Morgan fingerprint density at radius 1 is 1.55 bits per heavy atom. The summed E-state index contributed by atoms with van der Waals surface area (Å²) in [5, 5.41) is 5.84. The van der Waals surface area contributed by atoms with Crippen molar-refractivity contribution in [2.75, 3.05) is 13.6 Å². The standard InChI is InChI=1S/C8H18N2O/c1-4-10-8(11)6-5-7(2)9-3/h7,9H,4-6H2,1-3H3,(H,10,11). The van der Waals surface area contributed by atoms with Gasteiger partial charge in [-0.1, -0.05) is 0 Å². The van der Waals surface area contributed by atoms with Crippen LogP contribution in [0.25, 0.3) is 0 Å². The average molecular weight is 158 g/mol. The highest BCUT2D eigenvalue weighted by Crippen LogP contribution is 1.94. The molecular formula is C8H18N2O. The molecule has 0 aromatic rings. The zero-order chi connectivity index (χ0) is 8.69. The summed E-state index contributed by atoms with van der Waals surface area (Å²) in [5.41, 5.74) is 0. The second-order valence-corrected chi connectivity index (χ2v) is 2.68. The van der Waals surface area contributed by atoms with Gasteiger partial charge in [-0.25, -0.2) is 0 Å². The lowest BCUT2D eigenvalue weighted by Gasteiger charge is -2.08. The Bertz CT molecular complexity index is 115. The van der Waals surface area contributed by atoms with Gasteiger partial charge in [0.05, 0.1) is 0 Å². The lowest BCUT2D eigenvalue weighted by molar-refractivity contribution is -0.121. The molecule has 0 aromatic carbocycles. The fourth-order valence-corrected chi connectivity index (χ4v) is 0.777. The highest BCUT2D eigenvalue weighted by Gasteiger charge is 2.02. The van der Waals surface area contributed by atoms with Crippen molar-refractivity contribution < 1.29 is 4.79 Å². The van der Waals surface area contributed by atoms with E-state index >= 15 is 0 Å². The summed E-state index contributed by atoms with van der Waals surface area (Å²) >= 11 is 0. The fraction of sp³-hybridized carbons (Fsp3) is 0.875. The van der Waals surface area contributed by atoms with Crippen molar-refractivity contribution in [3.05, 3.63) is 0 Å². The molecule has 0 spiro atoms. The number of carbonyl (C=O) groups is 1. The fourth-order valence-electron chi connectivity index (χ4n) is 0.777. The van der Waals surface area contributed by atoms with E-state index in [-0.39, 0.29) is 5.91 Å². The maximum Gasteiger partial charge on any atom is 0.220 e. The van der Waals surface area contributed by atoms with Crippen LogP contribution < -0.4 is 10.6 Å². The lowest BCUT2D eigenvalue weighted by Crippen LogP contribution is -2.27. The Balaban J connectivity index is 3.30. The molecule has 1 amide bonds. The molecule has 1 atom stereocenters. The maximum absolute atomic E-state index is 10.9. The van der Waals surface area contributed by atoms with Crippen LogP contribution in [0.5, 0.6) is 0 Å². The third kappa shape index (κ3) is 5.85. The molecule has 0 aliphatic heterocycles. The Labute approximate surface area is 68.6 Å². The molecule has 11 heavy (non-hydrogen) atoms. The van der Waals surface area contributed by atoms with Gasteiger partial charge in [0.2, 0.25) is 5.91 Å². The van der Waals surface area contributed by atoms with Gasteiger partial charge in [0.1, 0.15) is 0 Å². The third-order valence-corrected chi connectivity index (χ3v) is 1.67. The van der Waals surface area contributed by atoms with Crippen LogP contribution in [0.2, 0.25) is 0 Å². The molecule has 0 saturated heterocycles. The number of hydrogen-bond donors (Lipinski definition) is 2. The molecule has 0 heterocycles. The summed E-state index contributed by atoms with van der Waals surface area (Å²) < 4.78 is 0. The number of carbonyl (C=O) groups excluding carboxylic acids is 1. The first-order chi connectivity index (χ1) is 5.20. The molecule has 0 bridgehead atoms. The second-order valence-electron chi connectivity index (χ2n) is 2.68. The van der Waals surface area contributed by atoms with Gasteiger partial charge in [-0.15, -0.1) is 0 Å². The van der Waals surface area contributed by atoms with E-state index in [1.165, 1.54) is 0 Å². The molecular weight excluding hydrogens is 140 g/mol. The van der Waals surface area contributed by atoms with Crippen molar-refractivity contribution in [2.24, 2.45) is 0 Å². The lowest BCUT2D eigenvalue weighted by atomic mass is 10.2. The first-order valence-corrected chi connectivity index (χ1v) is 4.14. The topological polar surface area (TPSA) is 41.1 Å². The molecule has 0 saturated carbocycles. The van der Waals surface area contributed by atoms with Crippen LogP contribution in [-0.2, 0) is 4.79 Å². The van der Waals surface area contributed by atoms with Crippen LogP contribution in [0.15, 0.2) is 0 Å². The van der Waals surface area contributed by atoms with Gasteiger partial charge in [-0.05, 0) is 27.3 Å². The Hall–Kier alpha value is -0.570. The summed E-state index contributed by atoms with van der Waals surface area (Å²) in [4.78, 5) is 10.9. The minimum Gasteiger partial charge on any atom is -0.356 e. The maximum atomic E-state index is 10.9. The molecule has 3 heteroatoms. The molecule has 0 radical (unpaired) electrons. The normalized spacial score (nSPS) is 12.6. The molecule has 0 aliphatic rings. The largest absolute Gasteiger partial charge is 0.356 e. The van der Waals surface area contributed by atoms with E-state index in [0.717, 1.165) is 13.0 Å². The molecule has 0 aromatic heterocycles. The van der Waals surface area contributed by atoms with E-state index < -0.39 is 0 Å². The number of nitrogens with one attached hydrogen (secondary N) is 2. The molecule has 0 fully saturated rings. The molecule has 0 rings (SSSR count). The molecule has 3 nitrogen and oxygen atoms in total. The van der Waals surface area contributed by atoms with E-state index in [1.807, 2.05) is 14.0 Å². The van der Waals surface area contributed by atoms with E-state index in [1.54, 1.807) is 0 Å². The van der Waals surface area contributed by atoms with E-state index in [4.69, 9.17) is 0 Å². The van der Waals surface area contributed by atoms with Crippen molar-refractivity contribution in [2.45, 2.75) is 32.7 Å².